The molecule has 4 aromatic rings. The van der Waals surface area contributed by atoms with E-state index in [9.17, 15) is 14.4 Å². The van der Waals surface area contributed by atoms with Crippen molar-refractivity contribution in [1.29, 1.82) is 0 Å². The van der Waals surface area contributed by atoms with Gasteiger partial charge >= 0.3 is 6.03 Å². The number of para-hydroxylation sites is 1. The Morgan fingerprint density at radius 3 is 2.50 bits per heavy atom. The zero-order valence-corrected chi connectivity index (χ0v) is 20.9. The maximum absolute atomic E-state index is 13.9. The summed E-state index contributed by atoms with van der Waals surface area (Å²) >= 11 is 0. The van der Waals surface area contributed by atoms with Crippen molar-refractivity contribution in [2.75, 3.05) is 16.8 Å². The van der Waals surface area contributed by atoms with Crippen LogP contribution in [0.3, 0.4) is 0 Å². The number of anilines is 2. The number of hydrogen-bond acceptors (Lipinski definition) is 5. The molecule has 1 aromatic heterocycles. The fraction of sp³-hybridized carbons (Fsp3) is 0.138. The summed E-state index contributed by atoms with van der Waals surface area (Å²) in [7, 11) is 0. The van der Waals surface area contributed by atoms with Gasteiger partial charge < -0.3 is 20.5 Å². The van der Waals surface area contributed by atoms with Gasteiger partial charge in [0.1, 0.15) is 5.69 Å². The van der Waals surface area contributed by atoms with Crippen molar-refractivity contribution in [2.45, 2.75) is 20.0 Å². The molecule has 2 heterocycles. The van der Waals surface area contributed by atoms with Crippen molar-refractivity contribution in [3.63, 3.8) is 0 Å². The molecule has 3 amide bonds. The molecule has 0 bridgehead atoms. The van der Waals surface area contributed by atoms with Crippen LogP contribution in [-0.4, -0.2) is 46.1 Å². The van der Waals surface area contributed by atoms with Gasteiger partial charge in [0, 0.05) is 23.0 Å². The van der Waals surface area contributed by atoms with Gasteiger partial charge in [0.05, 0.1) is 24.3 Å². The quantitative estimate of drug-likeness (QED) is 0.339. The number of imidazole rings is 1. The summed E-state index contributed by atoms with van der Waals surface area (Å²) in [6.45, 7) is 3.63. The Labute approximate surface area is 219 Å². The molecule has 3 N–H and O–H groups in total. The minimum Gasteiger partial charge on any atom is -0.351 e. The van der Waals surface area contributed by atoms with Crippen LogP contribution in [0.2, 0.25) is 0 Å². The number of aryl methyl sites for hydroxylation is 2. The molecule has 0 spiro atoms. The maximum atomic E-state index is 13.9. The molecule has 0 aliphatic carbocycles. The standard InChI is InChI=1S/C29H26N6O3/c1-18-10-12-20(13-11-18)25(36)16-35-24-9-4-3-8-22(24)26(23-15-30-17-31-23)33-27(28(35)37)34-29(38)32-21-7-5-6-19(2)14-21/h3-15,17,27H,16H2,1-2H3,(H,30,31)(H2,32,34,38)/t27-/m0/s1. The lowest BCUT2D eigenvalue weighted by molar-refractivity contribution is -0.120. The van der Waals surface area contributed by atoms with Crippen molar-refractivity contribution >= 4 is 34.8 Å². The molecule has 0 radical (unpaired) electrons. The normalized spacial score (nSPS) is 14.8. The van der Waals surface area contributed by atoms with Crippen molar-refractivity contribution in [2.24, 2.45) is 4.99 Å². The Hall–Kier alpha value is -5.05. The number of aromatic amines is 1. The fourth-order valence-corrected chi connectivity index (χ4v) is 4.27. The molecule has 0 fully saturated rings. The molecule has 5 rings (SSSR count). The number of nitrogens with zero attached hydrogens (tertiary/aromatic N) is 3. The Morgan fingerprint density at radius 1 is 0.974 bits per heavy atom. The highest BCUT2D eigenvalue weighted by atomic mass is 16.2. The molecule has 9 nitrogen and oxygen atoms in total. The second kappa shape index (κ2) is 10.5. The molecule has 0 saturated carbocycles. The molecular weight excluding hydrogens is 480 g/mol. The first-order valence-corrected chi connectivity index (χ1v) is 12.1. The molecule has 3 aromatic carbocycles. The summed E-state index contributed by atoms with van der Waals surface area (Å²) in [5.74, 6) is -0.776. The molecule has 190 valence electrons. The molecule has 9 heteroatoms. The van der Waals surface area contributed by atoms with Crippen LogP contribution in [0.25, 0.3) is 0 Å². The SMILES string of the molecule is Cc1ccc(C(=O)CN2C(=O)[C@H](NC(=O)Nc3cccc(C)c3)N=C(c3c[nH]cn3)c3ccccc32)cc1. The largest absolute Gasteiger partial charge is 0.351 e. The average Bonchev–Trinajstić information content (AvgIpc) is 3.41. The lowest BCUT2D eigenvalue weighted by Crippen LogP contribution is -2.49. The van der Waals surface area contributed by atoms with Gasteiger partial charge in [0.2, 0.25) is 6.17 Å². The van der Waals surface area contributed by atoms with Gasteiger partial charge in [-0.05, 0) is 37.6 Å². The molecule has 0 saturated heterocycles. The average molecular weight is 507 g/mol. The van der Waals surface area contributed by atoms with Crippen molar-refractivity contribution in [3.8, 4) is 0 Å². The number of nitrogens with one attached hydrogen (secondary N) is 3. The van der Waals surface area contributed by atoms with E-state index < -0.39 is 18.1 Å². The van der Waals surface area contributed by atoms with Crippen LogP contribution in [0, 0.1) is 13.8 Å². The number of amides is 3. The Morgan fingerprint density at radius 2 is 1.76 bits per heavy atom. The number of aliphatic imine (C=N–C) groups is 1. The van der Waals surface area contributed by atoms with E-state index in [1.165, 1.54) is 11.2 Å². The maximum Gasteiger partial charge on any atom is 0.321 e. The van der Waals surface area contributed by atoms with Gasteiger partial charge in [-0.25, -0.2) is 14.8 Å². The molecule has 38 heavy (non-hydrogen) atoms. The van der Waals surface area contributed by atoms with E-state index >= 15 is 0 Å². The number of Topliss-reactive ketones (excluding diaryl/α,β-unsaturated/α-hetero) is 1. The van der Waals surface area contributed by atoms with Crippen LogP contribution in [0.5, 0.6) is 0 Å². The first kappa shape index (κ1) is 24.6. The fourth-order valence-electron chi connectivity index (χ4n) is 4.27. The number of urea groups is 1. The highest BCUT2D eigenvalue weighted by Gasteiger charge is 2.34. The summed E-state index contributed by atoms with van der Waals surface area (Å²) in [4.78, 5) is 53.3. The zero-order chi connectivity index (χ0) is 26.6. The lowest BCUT2D eigenvalue weighted by Gasteiger charge is -2.25. The van der Waals surface area contributed by atoms with Crippen LogP contribution < -0.4 is 15.5 Å². The number of carbonyl (C=O) groups is 3. The van der Waals surface area contributed by atoms with Gasteiger partial charge in [-0.2, -0.15) is 0 Å². The summed E-state index contributed by atoms with van der Waals surface area (Å²) in [6.07, 6.45) is 1.88. The number of aromatic nitrogens is 2. The Balaban J connectivity index is 1.51. The molecule has 1 aliphatic heterocycles. The third-order valence-electron chi connectivity index (χ3n) is 6.17. The van der Waals surface area contributed by atoms with Gasteiger partial charge in [-0.3, -0.25) is 9.59 Å². The summed E-state index contributed by atoms with van der Waals surface area (Å²) in [5.41, 5.74) is 5.11. The summed E-state index contributed by atoms with van der Waals surface area (Å²) in [6, 6.07) is 21.1. The third-order valence-corrected chi connectivity index (χ3v) is 6.17. The molecule has 0 unspecified atom stereocenters. The smallest absolute Gasteiger partial charge is 0.321 e. The second-order valence-corrected chi connectivity index (χ2v) is 9.03. The number of carbonyl (C=O) groups excluding carboxylic acids is 3. The zero-order valence-electron chi connectivity index (χ0n) is 20.9. The first-order valence-electron chi connectivity index (χ1n) is 12.1. The highest BCUT2D eigenvalue weighted by Crippen LogP contribution is 2.28. The van der Waals surface area contributed by atoms with Crippen molar-refractivity contribution in [1.82, 2.24) is 15.3 Å². The Kier molecular flexibility index (Phi) is 6.82. The van der Waals surface area contributed by atoms with Crippen LogP contribution in [0.4, 0.5) is 16.2 Å². The van der Waals surface area contributed by atoms with Crippen LogP contribution in [0.15, 0.2) is 90.3 Å². The van der Waals surface area contributed by atoms with Gasteiger partial charge in [-0.1, -0.05) is 60.2 Å². The van der Waals surface area contributed by atoms with Crippen LogP contribution in [-0.2, 0) is 4.79 Å². The highest BCUT2D eigenvalue weighted by molar-refractivity contribution is 6.20. The van der Waals surface area contributed by atoms with Crippen molar-refractivity contribution in [3.05, 3.63) is 113 Å². The first-order chi connectivity index (χ1) is 18.4. The number of ketones is 1. The minimum absolute atomic E-state index is 0.222. The topological polar surface area (TPSA) is 120 Å². The van der Waals surface area contributed by atoms with E-state index in [1.54, 1.807) is 36.5 Å². The van der Waals surface area contributed by atoms with E-state index in [-0.39, 0.29) is 12.3 Å². The number of H-pyrrole nitrogens is 1. The Bertz CT molecular complexity index is 1530. The van der Waals surface area contributed by atoms with Crippen LogP contribution in [0.1, 0.15) is 32.7 Å². The van der Waals surface area contributed by atoms with Gasteiger partial charge in [-0.15, -0.1) is 0 Å². The monoisotopic (exact) mass is 506 g/mol. The lowest BCUT2D eigenvalue weighted by atomic mass is 10.0. The van der Waals surface area contributed by atoms with E-state index in [4.69, 9.17) is 0 Å². The molecular formula is C29H26N6O3. The number of hydrogen-bond donors (Lipinski definition) is 3. The number of fused-ring (bicyclic) bond motifs is 1. The number of benzodiazepines with no additional fused rings is 1. The van der Waals surface area contributed by atoms with E-state index in [0.29, 0.717) is 33.9 Å². The predicted octanol–water partition coefficient (Wildman–Crippen LogP) is 4.24. The van der Waals surface area contributed by atoms with Crippen molar-refractivity contribution < 1.29 is 14.4 Å². The predicted molar refractivity (Wildman–Crippen MR) is 146 cm³/mol. The van der Waals surface area contributed by atoms with Gasteiger partial charge in [0.25, 0.3) is 5.91 Å². The third kappa shape index (κ3) is 5.22. The number of benzene rings is 3. The van der Waals surface area contributed by atoms with E-state index in [2.05, 4.69) is 25.6 Å². The van der Waals surface area contributed by atoms with Gasteiger partial charge in [0.15, 0.2) is 5.78 Å². The van der Waals surface area contributed by atoms with Crippen LogP contribution >= 0.6 is 0 Å². The van der Waals surface area contributed by atoms with E-state index in [1.807, 2.05) is 56.3 Å². The minimum atomic E-state index is -1.30. The second-order valence-electron chi connectivity index (χ2n) is 9.03. The summed E-state index contributed by atoms with van der Waals surface area (Å²) < 4.78 is 0. The molecule has 1 atom stereocenters. The number of rotatable bonds is 6. The van der Waals surface area contributed by atoms with E-state index in [0.717, 1.165) is 11.1 Å². The summed E-state index contributed by atoms with van der Waals surface area (Å²) in [5, 5.41) is 5.43. The molecule has 1 aliphatic rings.